The van der Waals surface area contributed by atoms with Crippen LogP contribution < -0.4 is 0 Å². The van der Waals surface area contributed by atoms with Crippen molar-refractivity contribution < 1.29 is 14.0 Å². The molecule has 0 aliphatic carbocycles. The van der Waals surface area contributed by atoms with Gasteiger partial charge in [0.25, 0.3) is 0 Å². The summed E-state index contributed by atoms with van der Waals surface area (Å²) in [6.45, 7) is 6.97. The van der Waals surface area contributed by atoms with Crippen LogP contribution in [0.2, 0.25) is 0 Å². The van der Waals surface area contributed by atoms with Gasteiger partial charge in [0.1, 0.15) is 19.9 Å². The van der Waals surface area contributed by atoms with Crippen LogP contribution in [0.3, 0.4) is 0 Å². The zero-order valence-corrected chi connectivity index (χ0v) is 6.80. The SMILES string of the molecule is C=[N+](CCOC)CCOC. The first-order valence-corrected chi connectivity index (χ1v) is 3.34. The van der Waals surface area contributed by atoms with E-state index >= 15 is 0 Å². The van der Waals surface area contributed by atoms with E-state index in [1.54, 1.807) is 14.2 Å². The molecule has 0 heterocycles. The normalized spacial score (nSPS) is 9.80. The van der Waals surface area contributed by atoms with E-state index in [-0.39, 0.29) is 0 Å². The molecule has 0 radical (unpaired) electrons. The topological polar surface area (TPSA) is 21.5 Å². The minimum Gasteiger partial charge on any atom is -0.378 e. The van der Waals surface area contributed by atoms with Crippen LogP contribution in [0.5, 0.6) is 0 Å². The van der Waals surface area contributed by atoms with Crippen LogP contribution >= 0.6 is 0 Å². The van der Waals surface area contributed by atoms with Gasteiger partial charge in [0, 0.05) is 14.2 Å². The van der Waals surface area contributed by atoms with Crippen molar-refractivity contribution in [2.75, 3.05) is 40.5 Å². The van der Waals surface area contributed by atoms with Crippen molar-refractivity contribution >= 4 is 6.72 Å². The highest BCUT2D eigenvalue weighted by Crippen LogP contribution is 1.75. The second-order valence-corrected chi connectivity index (χ2v) is 2.10. The highest BCUT2D eigenvalue weighted by molar-refractivity contribution is 5.14. The summed E-state index contributed by atoms with van der Waals surface area (Å²) < 4.78 is 11.7. The molecule has 0 N–H and O–H groups in total. The molecule has 0 aromatic heterocycles. The van der Waals surface area contributed by atoms with Crippen LogP contribution in [0.25, 0.3) is 0 Å². The van der Waals surface area contributed by atoms with Gasteiger partial charge >= 0.3 is 0 Å². The van der Waals surface area contributed by atoms with Crippen LogP contribution in [0.4, 0.5) is 0 Å². The van der Waals surface area contributed by atoms with E-state index in [4.69, 9.17) is 9.47 Å². The molecule has 0 amide bonds. The lowest BCUT2D eigenvalue weighted by molar-refractivity contribution is -0.524. The van der Waals surface area contributed by atoms with Gasteiger partial charge in [-0.15, -0.1) is 0 Å². The van der Waals surface area contributed by atoms with Crippen LogP contribution in [0, 0.1) is 0 Å². The number of rotatable bonds is 6. The van der Waals surface area contributed by atoms with Crippen molar-refractivity contribution in [3.63, 3.8) is 0 Å². The molecule has 3 nitrogen and oxygen atoms in total. The van der Waals surface area contributed by atoms with Crippen LogP contribution in [-0.4, -0.2) is 51.8 Å². The first-order chi connectivity index (χ1) is 4.81. The van der Waals surface area contributed by atoms with Gasteiger partial charge in [0.15, 0.2) is 13.1 Å². The van der Waals surface area contributed by atoms with Gasteiger partial charge in [-0.3, -0.25) is 0 Å². The molecule has 0 unspecified atom stereocenters. The second-order valence-electron chi connectivity index (χ2n) is 2.10. The van der Waals surface area contributed by atoms with Crippen LogP contribution in [0.1, 0.15) is 0 Å². The lowest BCUT2D eigenvalue weighted by Crippen LogP contribution is -2.19. The van der Waals surface area contributed by atoms with Gasteiger partial charge < -0.3 is 9.47 Å². The Kier molecular flexibility index (Phi) is 6.43. The summed E-state index contributed by atoms with van der Waals surface area (Å²) >= 11 is 0. The number of methoxy groups -OCH3 is 2. The monoisotopic (exact) mass is 146 g/mol. The van der Waals surface area contributed by atoms with E-state index < -0.39 is 0 Å². The third-order valence-electron chi connectivity index (χ3n) is 1.22. The Balaban J connectivity index is 3.09. The maximum Gasteiger partial charge on any atom is 0.165 e. The van der Waals surface area contributed by atoms with E-state index in [9.17, 15) is 0 Å². The quantitative estimate of drug-likeness (QED) is 0.388. The Morgan fingerprint density at radius 3 is 1.80 bits per heavy atom. The number of hydrogen-bond acceptors (Lipinski definition) is 2. The van der Waals surface area contributed by atoms with Crippen molar-refractivity contribution in [3.05, 3.63) is 0 Å². The van der Waals surface area contributed by atoms with Gasteiger partial charge in [-0.05, 0) is 0 Å². The summed E-state index contributed by atoms with van der Waals surface area (Å²) in [5.74, 6) is 0. The van der Waals surface area contributed by atoms with Crippen molar-refractivity contribution in [3.8, 4) is 0 Å². The first-order valence-electron chi connectivity index (χ1n) is 3.34. The molecule has 0 aliphatic rings. The Labute approximate surface area is 62.3 Å². The molecule has 60 valence electrons. The van der Waals surface area contributed by atoms with E-state index in [1.165, 1.54) is 0 Å². The Morgan fingerprint density at radius 2 is 1.50 bits per heavy atom. The Hall–Kier alpha value is -0.410. The van der Waals surface area contributed by atoms with E-state index in [2.05, 4.69) is 6.72 Å². The minimum absolute atomic E-state index is 0.729. The summed E-state index contributed by atoms with van der Waals surface area (Å²) in [5.41, 5.74) is 0. The van der Waals surface area contributed by atoms with Gasteiger partial charge in [0.2, 0.25) is 0 Å². The van der Waals surface area contributed by atoms with Crippen molar-refractivity contribution in [2.24, 2.45) is 0 Å². The minimum atomic E-state index is 0.729. The standard InChI is InChI=1S/C7H16NO2/c1-8(4-6-9-2)5-7-10-3/h1,4-7H2,2-3H3/q+1. The predicted octanol–water partition coefficient (Wildman–Crippen LogP) is -0.00770. The summed E-state index contributed by atoms with van der Waals surface area (Å²) in [6, 6.07) is 0. The van der Waals surface area contributed by atoms with Gasteiger partial charge in [0.05, 0.1) is 0 Å². The number of ether oxygens (including phenoxy) is 2. The van der Waals surface area contributed by atoms with Gasteiger partial charge in [-0.1, -0.05) is 0 Å². The average Bonchev–Trinajstić information content (AvgIpc) is 1.97. The fourth-order valence-electron chi connectivity index (χ4n) is 0.553. The number of nitrogens with zero attached hydrogens (tertiary/aromatic N) is 1. The fraction of sp³-hybridized carbons (Fsp3) is 0.857. The summed E-state index contributed by atoms with van der Waals surface area (Å²) in [6.07, 6.45) is 0. The van der Waals surface area contributed by atoms with Crippen molar-refractivity contribution in [2.45, 2.75) is 0 Å². The zero-order valence-electron chi connectivity index (χ0n) is 6.80. The van der Waals surface area contributed by atoms with E-state index in [0.717, 1.165) is 26.3 Å². The summed E-state index contributed by atoms with van der Waals surface area (Å²) in [7, 11) is 3.37. The summed E-state index contributed by atoms with van der Waals surface area (Å²) in [4.78, 5) is 0. The fourth-order valence-corrected chi connectivity index (χ4v) is 0.553. The molecule has 0 saturated carbocycles. The molecule has 0 fully saturated rings. The Bertz CT molecular complexity index is 83.6. The largest absolute Gasteiger partial charge is 0.378 e. The lowest BCUT2D eigenvalue weighted by atomic mass is 10.6. The molecule has 0 bridgehead atoms. The van der Waals surface area contributed by atoms with E-state index in [0.29, 0.717) is 0 Å². The van der Waals surface area contributed by atoms with Gasteiger partial charge in [-0.2, -0.15) is 0 Å². The molecule has 0 aromatic rings. The smallest absolute Gasteiger partial charge is 0.165 e. The second kappa shape index (κ2) is 6.71. The maximum absolute atomic E-state index is 4.87. The van der Waals surface area contributed by atoms with Gasteiger partial charge in [-0.25, -0.2) is 4.58 Å². The third kappa shape index (κ3) is 5.72. The average molecular weight is 146 g/mol. The van der Waals surface area contributed by atoms with Crippen molar-refractivity contribution in [1.29, 1.82) is 0 Å². The highest BCUT2D eigenvalue weighted by Gasteiger charge is 1.97. The molecule has 0 rings (SSSR count). The van der Waals surface area contributed by atoms with Crippen LogP contribution in [-0.2, 0) is 9.47 Å². The molecular weight excluding hydrogens is 130 g/mol. The Morgan fingerprint density at radius 1 is 1.10 bits per heavy atom. The van der Waals surface area contributed by atoms with Crippen molar-refractivity contribution in [1.82, 2.24) is 0 Å². The molecule has 0 aromatic carbocycles. The molecular formula is C7H16NO2+. The summed E-state index contributed by atoms with van der Waals surface area (Å²) in [5, 5.41) is 0. The number of hydrogen-bond donors (Lipinski definition) is 0. The highest BCUT2D eigenvalue weighted by atomic mass is 16.5. The van der Waals surface area contributed by atoms with Crippen LogP contribution in [0.15, 0.2) is 0 Å². The lowest BCUT2D eigenvalue weighted by Gasteiger charge is -1.99. The molecule has 0 spiro atoms. The zero-order chi connectivity index (χ0) is 7.82. The molecule has 0 atom stereocenters. The van der Waals surface area contributed by atoms with E-state index in [1.807, 2.05) is 4.58 Å². The molecule has 0 saturated heterocycles. The molecule has 10 heavy (non-hydrogen) atoms. The first kappa shape index (κ1) is 9.59. The predicted molar refractivity (Wildman–Crippen MR) is 40.9 cm³/mol. The maximum atomic E-state index is 4.87. The third-order valence-corrected chi connectivity index (χ3v) is 1.22. The molecule has 0 aliphatic heterocycles. The molecule has 3 heteroatoms.